The van der Waals surface area contributed by atoms with Crippen LogP contribution in [0.25, 0.3) is 11.0 Å². The van der Waals surface area contributed by atoms with Gasteiger partial charge >= 0.3 is 5.69 Å². The number of aromatic nitrogens is 2. The molecule has 5 nitrogen and oxygen atoms in total. The molecule has 1 amide bonds. The molecule has 7 heteroatoms. The quantitative estimate of drug-likeness (QED) is 0.755. The highest BCUT2D eigenvalue weighted by Crippen LogP contribution is 2.25. The van der Waals surface area contributed by atoms with Gasteiger partial charge in [0.2, 0.25) is 5.91 Å². The highest BCUT2D eigenvalue weighted by molar-refractivity contribution is 6.42. The Hall–Kier alpha value is -2.24. The molecule has 1 N–H and O–H groups in total. The average Bonchev–Trinajstić information content (AvgIpc) is 2.82. The van der Waals surface area contributed by atoms with Gasteiger partial charge in [-0.25, -0.2) is 4.79 Å². The lowest BCUT2D eigenvalue weighted by molar-refractivity contribution is -0.122. The van der Waals surface area contributed by atoms with Crippen LogP contribution < -0.4 is 11.0 Å². The molecule has 1 aromatic heterocycles. The lowest BCUT2D eigenvalue weighted by Crippen LogP contribution is -2.34. The summed E-state index contributed by atoms with van der Waals surface area (Å²) >= 11 is 11.9. The Morgan fingerprint density at radius 1 is 1.12 bits per heavy atom. The van der Waals surface area contributed by atoms with Gasteiger partial charge in [0.05, 0.1) is 27.1 Å². The Kier molecular flexibility index (Phi) is 4.88. The zero-order chi connectivity index (χ0) is 18.1. The number of hydrogen-bond donors (Lipinski definition) is 1. The number of imidazole rings is 1. The van der Waals surface area contributed by atoms with Crippen molar-refractivity contribution in [2.45, 2.75) is 19.5 Å². The summed E-state index contributed by atoms with van der Waals surface area (Å²) in [5.74, 6) is -0.253. The highest BCUT2D eigenvalue weighted by Gasteiger charge is 2.15. The van der Waals surface area contributed by atoms with Crippen LogP contribution in [-0.4, -0.2) is 15.0 Å². The minimum absolute atomic E-state index is 0.0498. The summed E-state index contributed by atoms with van der Waals surface area (Å²) in [5, 5.41) is 3.78. The second-order valence-electron chi connectivity index (χ2n) is 5.88. The number of para-hydroxylation sites is 2. The summed E-state index contributed by atoms with van der Waals surface area (Å²) in [7, 11) is 1.69. The number of rotatable bonds is 4. The van der Waals surface area contributed by atoms with Crippen LogP contribution in [0.2, 0.25) is 10.0 Å². The molecule has 3 aromatic rings. The van der Waals surface area contributed by atoms with Crippen molar-refractivity contribution in [1.29, 1.82) is 0 Å². The first kappa shape index (κ1) is 17.6. The molecule has 0 saturated heterocycles. The molecule has 0 fully saturated rings. The van der Waals surface area contributed by atoms with E-state index in [4.69, 9.17) is 23.2 Å². The maximum Gasteiger partial charge on any atom is 0.329 e. The number of amides is 1. The molecule has 0 aliphatic rings. The lowest BCUT2D eigenvalue weighted by Gasteiger charge is -2.15. The highest BCUT2D eigenvalue weighted by atomic mass is 35.5. The number of aryl methyl sites for hydroxylation is 1. The Labute approximate surface area is 154 Å². The lowest BCUT2D eigenvalue weighted by atomic mass is 10.1. The van der Waals surface area contributed by atoms with Crippen molar-refractivity contribution >= 4 is 40.1 Å². The molecule has 130 valence electrons. The van der Waals surface area contributed by atoms with Gasteiger partial charge in [0.25, 0.3) is 0 Å². The normalized spacial score (nSPS) is 12.3. The number of hydrogen-bond acceptors (Lipinski definition) is 2. The standard InChI is InChI=1S/C18H17Cl2N3O2/c1-11(12-7-8-13(19)14(20)9-12)21-17(24)10-23-16-6-4-3-5-15(16)22(2)18(23)25/h3-9,11H,10H2,1-2H3,(H,21,24)/t11-/m0/s1. The average molecular weight is 378 g/mol. The fourth-order valence-corrected chi connectivity index (χ4v) is 3.12. The van der Waals surface area contributed by atoms with E-state index in [1.165, 1.54) is 9.13 Å². The molecule has 0 radical (unpaired) electrons. The van der Waals surface area contributed by atoms with E-state index in [1.54, 1.807) is 19.2 Å². The molecule has 0 spiro atoms. The first-order valence-electron chi connectivity index (χ1n) is 7.77. The van der Waals surface area contributed by atoms with E-state index in [1.807, 2.05) is 37.3 Å². The smallest absolute Gasteiger partial charge is 0.329 e. The van der Waals surface area contributed by atoms with Crippen molar-refractivity contribution in [3.63, 3.8) is 0 Å². The monoisotopic (exact) mass is 377 g/mol. The van der Waals surface area contributed by atoms with Crippen LogP contribution in [0, 0.1) is 0 Å². The van der Waals surface area contributed by atoms with E-state index in [9.17, 15) is 9.59 Å². The number of benzene rings is 2. The van der Waals surface area contributed by atoms with Crippen LogP contribution in [0.15, 0.2) is 47.3 Å². The molecule has 0 unspecified atom stereocenters. The summed E-state index contributed by atoms with van der Waals surface area (Å²) in [5.41, 5.74) is 2.14. The maximum atomic E-state index is 12.4. The number of halogens is 2. The summed E-state index contributed by atoms with van der Waals surface area (Å²) in [6.07, 6.45) is 0. The summed E-state index contributed by atoms with van der Waals surface area (Å²) < 4.78 is 3.00. The summed E-state index contributed by atoms with van der Waals surface area (Å²) in [4.78, 5) is 24.8. The third-order valence-electron chi connectivity index (χ3n) is 4.17. The maximum absolute atomic E-state index is 12.4. The molecule has 0 aliphatic heterocycles. The molecule has 2 aromatic carbocycles. The van der Waals surface area contributed by atoms with Crippen molar-refractivity contribution < 1.29 is 4.79 Å². The van der Waals surface area contributed by atoms with Crippen LogP contribution in [0.3, 0.4) is 0 Å². The molecule has 1 atom stereocenters. The van der Waals surface area contributed by atoms with Gasteiger partial charge in [-0.05, 0) is 36.8 Å². The topological polar surface area (TPSA) is 56.0 Å². The molecule has 0 bridgehead atoms. The number of nitrogens with zero attached hydrogens (tertiary/aromatic N) is 2. The van der Waals surface area contributed by atoms with Crippen molar-refractivity contribution in [2.75, 3.05) is 0 Å². The van der Waals surface area contributed by atoms with E-state index in [0.717, 1.165) is 16.6 Å². The van der Waals surface area contributed by atoms with Gasteiger partial charge in [0, 0.05) is 7.05 Å². The van der Waals surface area contributed by atoms with Crippen molar-refractivity contribution in [2.24, 2.45) is 7.05 Å². The van der Waals surface area contributed by atoms with Gasteiger partial charge in [0.1, 0.15) is 6.54 Å². The third kappa shape index (κ3) is 3.43. The number of fused-ring (bicyclic) bond motifs is 1. The van der Waals surface area contributed by atoms with Gasteiger partial charge in [-0.3, -0.25) is 13.9 Å². The minimum Gasteiger partial charge on any atom is -0.348 e. The summed E-state index contributed by atoms with van der Waals surface area (Å²) in [6, 6.07) is 12.3. The zero-order valence-electron chi connectivity index (χ0n) is 13.8. The van der Waals surface area contributed by atoms with E-state index in [2.05, 4.69) is 5.32 Å². The minimum atomic E-state index is -0.257. The second kappa shape index (κ2) is 6.94. The molecule has 25 heavy (non-hydrogen) atoms. The fourth-order valence-electron chi connectivity index (χ4n) is 2.81. The Morgan fingerprint density at radius 3 is 2.48 bits per heavy atom. The molecular formula is C18H17Cl2N3O2. The SMILES string of the molecule is C[C@H](NC(=O)Cn1c(=O)n(C)c2ccccc21)c1ccc(Cl)c(Cl)c1. The van der Waals surface area contributed by atoms with Crippen LogP contribution in [-0.2, 0) is 18.4 Å². The molecular weight excluding hydrogens is 361 g/mol. The molecule has 0 saturated carbocycles. The van der Waals surface area contributed by atoms with E-state index in [0.29, 0.717) is 10.0 Å². The zero-order valence-corrected chi connectivity index (χ0v) is 15.3. The Balaban J connectivity index is 1.80. The van der Waals surface area contributed by atoms with Gasteiger partial charge in [-0.15, -0.1) is 0 Å². The van der Waals surface area contributed by atoms with Crippen molar-refractivity contribution in [3.8, 4) is 0 Å². The van der Waals surface area contributed by atoms with E-state index in [-0.39, 0.29) is 24.2 Å². The second-order valence-corrected chi connectivity index (χ2v) is 6.69. The molecule has 3 rings (SSSR count). The number of nitrogens with one attached hydrogen (secondary N) is 1. The van der Waals surface area contributed by atoms with Gasteiger partial charge in [-0.1, -0.05) is 41.4 Å². The van der Waals surface area contributed by atoms with Crippen LogP contribution in [0.1, 0.15) is 18.5 Å². The predicted octanol–water partition coefficient (Wildman–Crippen LogP) is 3.52. The van der Waals surface area contributed by atoms with E-state index >= 15 is 0 Å². The Morgan fingerprint density at radius 2 is 1.80 bits per heavy atom. The first-order chi connectivity index (χ1) is 11.9. The van der Waals surface area contributed by atoms with Crippen LogP contribution >= 0.6 is 23.2 Å². The molecule has 0 aliphatic carbocycles. The van der Waals surface area contributed by atoms with Gasteiger partial charge < -0.3 is 5.32 Å². The van der Waals surface area contributed by atoms with Crippen LogP contribution in [0.5, 0.6) is 0 Å². The first-order valence-corrected chi connectivity index (χ1v) is 8.52. The largest absolute Gasteiger partial charge is 0.348 e. The fraction of sp³-hybridized carbons (Fsp3) is 0.222. The van der Waals surface area contributed by atoms with Crippen molar-refractivity contribution in [1.82, 2.24) is 14.5 Å². The van der Waals surface area contributed by atoms with Crippen molar-refractivity contribution in [3.05, 3.63) is 68.6 Å². The summed E-state index contributed by atoms with van der Waals surface area (Å²) in [6.45, 7) is 1.80. The van der Waals surface area contributed by atoms with Crippen LogP contribution in [0.4, 0.5) is 0 Å². The Bertz CT molecular complexity index is 1010. The number of carbonyl (C=O) groups excluding carboxylic acids is 1. The molecule has 1 heterocycles. The third-order valence-corrected chi connectivity index (χ3v) is 4.91. The van der Waals surface area contributed by atoms with Gasteiger partial charge in [0.15, 0.2) is 0 Å². The number of carbonyl (C=O) groups is 1. The van der Waals surface area contributed by atoms with E-state index < -0.39 is 0 Å². The predicted molar refractivity (Wildman–Crippen MR) is 100 cm³/mol. The van der Waals surface area contributed by atoms with Gasteiger partial charge in [-0.2, -0.15) is 0 Å².